The first-order valence-electron chi connectivity index (χ1n) is 6.07. The lowest BCUT2D eigenvalue weighted by molar-refractivity contribution is -0.387. The molecule has 1 aromatic carbocycles. The van der Waals surface area contributed by atoms with Crippen molar-refractivity contribution in [3.8, 4) is 0 Å². The smallest absolute Gasteiger partial charge is 0.287 e. The lowest BCUT2D eigenvalue weighted by Gasteiger charge is -2.18. The Bertz CT molecular complexity index is 608. The van der Waals surface area contributed by atoms with Crippen molar-refractivity contribution in [2.75, 3.05) is 18.8 Å². The van der Waals surface area contributed by atoms with Crippen molar-refractivity contribution < 1.29 is 18.1 Å². The van der Waals surface area contributed by atoms with Gasteiger partial charge in [0.2, 0.25) is 5.91 Å². The van der Waals surface area contributed by atoms with E-state index in [0.717, 1.165) is 12.1 Å². The van der Waals surface area contributed by atoms with Crippen molar-refractivity contribution in [3.63, 3.8) is 0 Å². The van der Waals surface area contributed by atoms with Crippen molar-refractivity contribution in [1.82, 2.24) is 4.90 Å². The van der Waals surface area contributed by atoms with Crippen molar-refractivity contribution in [2.24, 2.45) is 0 Å². The molecule has 0 atom stereocenters. The van der Waals surface area contributed by atoms with Gasteiger partial charge in [0.15, 0.2) is 9.84 Å². The Kier molecular flexibility index (Phi) is 5.20. The summed E-state index contributed by atoms with van der Waals surface area (Å²) in [6.45, 7) is 4.25. The van der Waals surface area contributed by atoms with Crippen LogP contribution in [0.25, 0.3) is 0 Å². The van der Waals surface area contributed by atoms with E-state index in [1.54, 1.807) is 13.8 Å². The van der Waals surface area contributed by atoms with E-state index in [1.807, 2.05) is 0 Å². The Morgan fingerprint density at radius 1 is 1.25 bits per heavy atom. The fourth-order valence-electron chi connectivity index (χ4n) is 1.78. The van der Waals surface area contributed by atoms with Crippen molar-refractivity contribution in [1.29, 1.82) is 0 Å². The number of hydrogen-bond donors (Lipinski definition) is 0. The highest BCUT2D eigenvalue weighted by molar-refractivity contribution is 7.92. The van der Waals surface area contributed by atoms with E-state index in [0.29, 0.717) is 13.1 Å². The monoisotopic (exact) mass is 300 g/mol. The molecule has 0 aliphatic heterocycles. The zero-order valence-electron chi connectivity index (χ0n) is 11.3. The number of sulfone groups is 1. The molecule has 1 amide bonds. The predicted molar refractivity (Wildman–Crippen MR) is 73.1 cm³/mol. The number of carbonyl (C=O) groups is 1. The van der Waals surface area contributed by atoms with Gasteiger partial charge in [0.05, 0.1) is 4.92 Å². The molecule has 0 aromatic heterocycles. The normalized spacial score (nSPS) is 11.1. The first-order valence-corrected chi connectivity index (χ1v) is 7.72. The van der Waals surface area contributed by atoms with Gasteiger partial charge in [0, 0.05) is 19.2 Å². The van der Waals surface area contributed by atoms with E-state index in [2.05, 4.69) is 0 Å². The Labute approximate surface area is 117 Å². The number of para-hydroxylation sites is 1. The van der Waals surface area contributed by atoms with Crippen LogP contribution >= 0.6 is 0 Å². The second-order valence-electron chi connectivity index (χ2n) is 4.05. The first-order chi connectivity index (χ1) is 9.33. The molecule has 0 heterocycles. The molecule has 8 heteroatoms. The maximum absolute atomic E-state index is 12.2. The molecule has 0 N–H and O–H groups in total. The van der Waals surface area contributed by atoms with Crippen LogP contribution in [0.5, 0.6) is 0 Å². The van der Waals surface area contributed by atoms with Crippen LogP contribution in [0.15, 0.2) is 29.2 Å². The molecule has 0 radical (unpaired) electrons. The highest BCUT2D eigenvalue weighted by Crippen LogP contribution is 2.24. The Balaban J connectivity index is 3.13. The van der Waals surface area contributed by atoms with Gasteiger partial charge >= 0.3 is 0 Å². The Hall–Kier alpha value is -1.96. The van der Waals surface area contributed by atoms with Gasteiger partial charge < -0.3 is 4.90 Å². The molecule has 1 rings (SSSR count). The maximum Gasteiger partial charge on any atom is 0.287 e. The average Bonchev–Trinajstić information content (AvgIpc) is 2.39. The van der Waals surface area contributed by atoms with Crippen LogP contribution in [0.4, 0.5) is 5.69 Å². The van der Waals surface area contributed by atoms with Gasteiger partial charge in [-0.25, -0.2) is 8.42 Å². The van der Waals surface area contributed by atoms with Gasteiger partial charge in [0.25, 0.3) is 5.69 Å². The van der Waals surface area contributed by atoms with Crippen molar-refractivity contribution in [2.45, 2.75) is 18.7 Å². The van der Waals surface area contributed by atoms with Crippen LogP contribution in [0, 0.1) is 10.1 Å². The summed E-state index contributed by atoms with van der Waals surface area (Å²) < 4.78 is 24.3. The average molecular weight is 300 g/mol. The summed E-state index contributed by atoms with van der Waals surface area (Å²) in [6.07, 6.45) is 0. The second-order valence-corrected chi connectivity index (χ2v) is 6.01. The Morgan fingerprint density at radius 3 is 2.30 bits per heavy atom. The lowest BCUT2D eigenvalue weighted by atomic mass is 10.3. The molecule has 0 fully saturated rings. The first kappa shape index (κ1) is 16.1. The summed E-state index contributed by atoms with van der Waals surface area (Å²) in [7, 11) is -4.03. The summed E-state index contributed by atoms with van der Waals surface area (Å²) in [5.74, 6) is -1.33. The molecule has 0 aliphatic carbocycles. The zero-order valence-corrected chi connectivity index (χ0v) is 12.1. The third-order valence-electron chi connectivity index (χ3n) is 2.83. The summed E-state index contributed by atoms with van der Waals surface area (Å²) in [4.78, 5) is 22.9. The number of benzene rings is 1. The van der Waals surface area contributed by atoms with Gasteiger partial charge in [-0.05, 0) is 19.9 Å². The van der Waals surface area contributed by atoms with E-state index in [-0.39, 0.29) is 0 Å². The van der Waals surface area contributed by atoms with Crippen LogP contribution in [0.2, 0.25) is 0 Å². The molecule has 1 aromatic rings. The standard InChI is InChI=1S/C12H16N2O5S/c1-3-13(4-2)12(15)9-20(18,19)11-8-6-5-7-10(11)14(16)17/h5-8H,3-4,9H2,1-2H3. The topological polar surface area (TPSA) is 97.6 Å². The molecular formula is C12H16N2O5S. The second kappa shape index (κ2) is 6.47. The molecule has 7 nitrogen and oxygen atoms in total. The van der Waals surface area contributed by atoms with E-state index >= 15 is 0 Å². The van der Waals surface area contributed by atoms with E-state index in [4.69, 9.17) is 0 Å². The van der Waals surface area contributed by atoms with E-state index in [1.165, 1.54) is 17.0 Å². The lowest BCUT2D eigenvalue weighted by Crippen LogP contribution is -2.35. The van der Waals surface area contributed by atoms with E-state index in [9.17, 15) is 23.3 Å². The van der Waals surface area contributed by atoms with Gasteiger partial charge in [-0.3, -0.25) is 14.9 Å². The Morgan fingerprint density at radius 2 is 1.80 bits per heavy atom. The number of rotatable bonds is 6. The van der Waals surface area contributed by atoms with E-state index < -0.39 is 37.0 Å². The third kappa shape index (κ3) is 3.53. The van der Waals surface area contributed by atoms with Gasteiger partial charge in [-0.2, -0.15) is 0 Å². The summed E-state index contributed by atoms with van der Waals surface area (Å²) in [6, 6.07) is 5.02. The molecule has 0 spiro atoms. The van der Waals surface area contributed by atoms with Crippen molar-refractivity contribution in [3.05, 3.63) is 34.4 Å². The number of nitro benzene ring substituents is 1. The highest BCUT2D eigenvalue weighted by atomic mass is 32.2. The van der Waals surface area contributed by atoms with Crippen LogP contribution in [0.3, 0.4) is 0 Å². The predicted octanol–water partition coefficient (Wildman–Crippen LogP) is 1.24. The van der Waals surface area contributed by atoms with Crippen LogP contribution in [-0.4, -0.2) is 43.0 Å². The fraction of sp³-hybridized carbons (Fsp3) is 0.417. The molecule has 0 aliphatic rings. The van der Waals surface area contributed by atoms with Crippen molar-refractivity contribution >= 4 is 21.4 Å². The number of hydrogen-bond acceptors (Lipinski definition) is 5. The third-order valence-corrected chi connectivity index (χ3v) is 4.47. The summed E-state index contributed by atoms with van der Waals surface area (Å²) in [5.41, 5.74) is -0.514. The van der Waals surface area contributed by atoms with Crippen LogP contribution in [0.1, 0.15) is 13.8 Å². The molecule has 0 unspecified atom stereocenters. The largest absolute Gasteiger partial charge is 0.342 e. The number of carbonyl (C=O) groups excluding carboxylic acids is 1. The van der Waals surface area contributed by atoms with Gasteiger partial charge in [-0.15, -0.1) is 0 Å². The van der Waals surface area contributed by atoms with Gasteiger partial charge in [-0.1, -0.05) is 12.1 Å². The fourth-order valence-corrected chi connectivity index (χ4v) is 3.19. The maximum atomic E-state index is 12.2. The molecule has 20 heavy (non-hydrogen) atoms. The number of nitrogens with zero attached hydrogens (tertiary/aromatic N) is 2. The van der Waals surface area contributed by atoms with Crippen LogP contribution < -0.4 is 0 Å². The number of amides is 1. The minimum absolute atomic E-state index is 0.391. The molecular weight excluding hydrogens is 284 g/mol. The quantitative estimate of drug-likeness (QED) is 0.581. The summed E-state index contributed by atoms with van der Waals surface area (Å²) in [5, 5.41) is 10.8. The zero-order chi connectivity index (χ0) is 15.3. The molecule has 0 saturated carbocycles. The summed E-state index contributed by atoms with van der Waals surface area (Å²) >= 11 is 0. The minimum Gasteiger partial charge on any atom is -0.342 e. The minimum atomic E-state index is -4.03. The SMILES string of the molecule is CCN(CC)C(=O)CS(=O)(=O)c1ccccc1[N+](=O)[O-]. The van der Waals surface area contributed by atoms with Crippen LogP contribution in [-0.2, 0) is 14.6 Å². The number of nitro groups is 1. The highest BCUT2D eigenvalue weighted by Gasteiger charge is 2.28. The molecule has 0 bridgehead atoms. The van der Waals surface area contributed by atoms with Gasteiger partial charge in [0.1, 0.15) is 10.6 Å². The molecule has 0 saturated heterocycles. The molecule has 110 valence electrons.